The molecular formula is C21H28N2O5S. The van der Waals surface area contributed by atoms with Crippen molar-refractivity contribution < 1.29 is 23.1 Å². The highest BCUT2D eigenvalue weighted by molar-refractivity contribution is 7.89. The Bertz CT molecular complexity index is 906. The Balaban J connectivity index is 2.33. The van der Waals surface area contributed by atoms with Gasteiger partial charge in [-0.25, -0.2) is 18.4 Å². The number of nitrogens with two attached hydrogens (primary N) is 1. The van der Waals surface area contributed by atoms with Crippen molar-refractivity contribution in [3.05, 3.63) is 65.7 Å². The Morgan fingerprint density at radius 2 is 1.69 bits per heavy atom. The molecule has 0 aromatic heterocycles. The van der Waals surface area contributed by atoms with Gasteiger partial charge in [0, 0.05) is 6.54 Å². The molecule has 0 fully saturated rings. The van der Waals surface area contributed by atoms with Gasteiger partial charge in [0.1, 0.15) is 11.4 Å². The van der Waals surface area contributed by atoms with Crippen molar-refractivity contribution in [3.8, 4) is 5.75 Å². The van der Waals surface area contributed by atoms with Crippen molar-refractivity contribution >= 4 is 16.1 Å². The van der Waals surface area contributed by atoms with E-state index >= 15 is 0 Å². The standard InChI is InChI=1S/C21H28N2O5S/c1-21(2,3)28-20(25)23(15-7-10-16-8-5-4-6-9-16)19(29(22,26)27)17-11-13-18(24)14-12-17/h4-6,8-9,11-14,19,24H,7,10,15H2,1-3H3,(H2,22,26,27). The van der Waals surface area contributed by atoms with Crippen LogP contribution in [0.15, 0.2) is 54.6 Å². The molecular weight excluding hydrogens is 392 g/mol. The van der Waals surface area contributed by atoms with E-state index in [2.05, 4.69) is 0 Å². The number of primary sulfonamides is 1. The number of phenols is 1. The van der Waals surface area contributed by atoms with E-state index in [-0.39, 0.29) is 17.9 Å². The molecule has 2 aromatic carbocycles. The molecule has 0 saturated heterocycles. The fourth-order valence-electron chi connectivity index (χ4n) is 2.91. The summed E-state index contributed by atoms with van der Waals surface area (Å²) < 4.78 is 30.3. The minimum atomic E-state index is -4.18. The number of phenolic OH excluding ortho intramolecular Hbond substituents is 1. The lowest BCUT2D eigenvalue weighted by Gasteiger charge is -2.32. The van der Waals surface area contributed by atoms with Crippen LogP contribution in [0.1, 0.15) is 43.7 Å². The summed E-state index contributed by atoms with van der Waals surface area (Å²) in [5, 5.41) is 13.6. The highest BCUT2D eigenvalue weighted by Gasteiger charge is 2.36. The monoisotopic (exact) mass is 420 g/mol. The number of amides is 1. The highest BCUT2D eigenvalue weighted by Crippen LogP contribution is 2.28. The summed E-state index contributed by atoms with van der Waals surface area (Å²) in [5.74, 6) is -0.0187. The van der Waals surface area contributed by atoms with Crippen LogP contribution >= 0.6 is 0 Å². The van der Waals surface area contributed by atoms with Crippen LogP contribution in [0.3, 0.4) is 0 Å². The second-order valence-electron chi connectivity index (χ2n) is 7.80. The Labute approximate surface area is 172 Å². The molecule has 1 atom stereocenters. The zero-order valence-corrected chi connectivity index (χ0v) is 17.7. The van der Waals surface area contributed by atoms with E-state index in [9.17, 15) is 18.3 Å². The van der Waals surface area contributed by atoms with Crippen molar-refractivity contribution in [2.75, 3.05) is 6.54 Å². The number of ether oxygens (including phenoxy) is 1. The molecule has 2 rings (SSSR count). The second-order valence-corrected chi connectivity index (χ2v) is 9.42. The third kappa shape index (κ3) is 7.07. The van der Waals surface area contributed by atoms with E-state index in [1.54, 1.807) is 20.8 Å². The number of benzene rings is 2. The van der Waals surface area contributed by atoms with E-state index < -0.39 is 27.1 Å². The predicted octanol–water partition coefficient (Wildman–Crippen LogP) is 3.55. The van der Waals surface area contributed by atoms with E-state index in [0.29, 0.717) is 12.8 Å². The van der Waals surface area contributed by atoms with E-state index in [4.69, 9.17) is 9.88 Å². The predicted molar refractivity (Wildman–Crippen MR) is 112 cm³/mol. The van der Waals surface area contributed by atoms with Gasteiger partial charge in [-0.05, 0) is 56.9 Å². The van der Waals surface area contributed by atoms with Crippen molar-refractivity contribution in [2.45, 2.75) is 44.6 Å². The van der Waals surface area contributed by atoms with E-state index in [0.717, 1.165) is 10.5 Å². The molecule has 2 aromatic rings. The Morgan fingerprint density at radius 1 is 1.10 bits per heavy atom. The first-order valence-corrected chi connectivity index (χ1v) is 10.9. The van der Waals surface area contributed by atoms with Gasteiger partial charge in [-0.15, -0.1) is 0 Å². The van der Waals surface area contributed by atoms with Gasteiger partial charge in [0.25, 0.3) is 0 Å². The molecule has 1 amide bonds. The molecule has 0 radical (unpaired) electrons. The Hall–Kier alpha value is -2.58. The first-order chi connectivity index (χ1) is 13.5. The first kappa shape index (κ1) is 22.7. The minimum absolute atomic E-state index is 0.0187. The summed E-state index contributed by atoms with van der Waals surface area (Å²) in [5.41, 5.74) is 0.552. The molecule has 29 heavy (non-hydrogen) atoms. The molecule has 1 unspecified atom stereocenters. The average Bonchev–Trinajstić information content (AvgIpc) is 2.60. The SMILES string of the molecule is CC(C)(C)OC(=O)N(CCCc1ccccc1)C(c1ccc(O)cc1)S(N)(=O)=O. The summed E-state index contributed by atoms with van der Waals surface area (Å²) in [7, 11) is -4.18. The zero-order chi connectivity index (χ0) is 21.7. The van der Waals surface area contributed by atoms with Gasteiger partial charge in [0.2, 0.25) is 10.0 Å². The third-order valence-electron chi connectivity index (χ3n) is 4.11. The van der Waals surface area contributed by atoms with E-state index in [1.807, 2.05) is 30.3 Å². The number of aromatic hydroxyl groups is 1. The van der Waals surface area contributed by atoms with Crippen LogP contribution in [0, 0.1) is 0 Å². The number of hydrogen-bond donors (Lipinski definition) is 2. The summed E-state index contributed by atoms with van der Waals surface area (Å²) >= 11 is 0. The van der Waals surface area contributed by atoms with Gasteiger partial charge in [-0.2, -0.15) is 0 Å². The number of hydrogen-bond acceptors (Lipinski definition) is 5. The van der Waals surface area contributed by atoms with Crippen LogP contribution < -0.4 is 5.14 Å². The van der Waals surface area contributed by atoms with Crippen LogP contribution in [0.4, 0.5) is 4.79 Å². The van der Waals surface area contributed by atoms with Crippen LogP contribution in [0.5, 0.6) is 5.75 Å². The van der Waals surface area contributed by atoms with Gasteiger partial charge in [-0.3, -0.25) is 4.90 Å². The van der Waals surface area contributed by atoms with Crippen LogP contribution in [0.2, 0.25) is 0 Å². The van der Waals surface area contributed by atoms with Crippen molar-refractivity contribution in [3.63, 3.8) is 0 Å². The summed E-state index contributed by atoms with van der Waals surface area (Å²) in [6.45, 7) is 5.25. The molecule has 0 heterocycles. The molecule has 8 heteroatoms. The molecule has 7 nitrogen and oxygen atoms in total. The first-order valence-electron chi connectivity index (χ1n) is 9.31. The fourth-order valence-corrected chi connectivity index (χ4v) is 3.99. The quantitative estimate of drug-likeness (QED) is 0.712. The van der Waals surface area contributed by atoms with Crippen molar-refractivity contribution in [1.82, 2.24) is 4.90 Å². The van der Waals surface area contributed by atoms with Crippen LogP contribution in [-0.4, -0.2) is 36.7 Å². The summed E-state index contributed by atoms with van der Waals surface area (Å²) in [6, 6.07) is 15.3. The van der Waals surface area contributed by atoms with Gasteiger partial charge < -0.3 is 9.84 Å². The Morgan fingerprint density at radius 3 is 2.21 bits per heavy atom. The largest absolute Gasteiger partial charge is 0.508 e. The van der Waals surface area contributed by atoms with Gasteiger partial charge in [0.15, 0.2) is 5.37 Å². The maximum absolute atomic E-state index is 12.9. The average molecular weight is 421 g/mol. The van der Waals surface area contributed by atoms with Gasteiger partial charge >= 0.3 is 6.09 Å². The smallest absolute Gasteiger partial charge is 0.411 e. The molecule has 0 bridgehead atoms. The molecule has 158 valence electrons. The minimum Gasteiger partial charge on any atom is -0.508 e. The number of rotatable bonds is 7. The zero-order valence-electron chi connectivity index (χ0n) is 16.9. The Kier molecular flexibility index (Phi) is 7.26. The number of aryl methyl sites for hydroxylation is 1. The van der Waals surface area contributed by atoms with E-state index in [1.165, 1.54) is 24.3 Å². The van der Waals surface area contributed by atoms with Crippen LogP contribution in [0.25, 0.3) is 0 Å². The molecule has 0 aliphatic heterocycles. The molecule has 3 N–H and O–H groups in total. The number of nitrogens with zero attached hydrogens (tertiary/aromatic N) is 1. The maximum atomic E-state index is 12.9. The highest BCUT2D eigenvalue weighted by atomic mass is 32.2. The molecule has 0 spiro atoms. The van der Waals surface area contributed by atoms with Crippen LogP contribution in [-0.2, 0) is 21.2 Å². The number of carbonyl (C=O) groups excluding carboxylic acids is 1. The molecule has 0 saturated carbocycles. The topological polar surface area (TPSA) is 110 Å². The lowest BCUT2D eigenvalue weighted by molar-refractivity contribution is 0.0216. The molecule has 0 aliphatic rings. The second kappa shape index (κ2) is 9.28. The fraction of sp³-hybridized carbons (Fsp3) is 0.381. The lowest BCUT2D eigenvalue weighted by atomic mass is 10.1. The van der Waals surface area contributed by atoms with Crippen molar-refractivity contribution in [1.29, 1.82) is 0 Å². The van der Waals surface area contributed by atoms with Gasteiger partial charge in [0.05, 0.1) is 0 Å². The summed E-state index contributed by atoms with van der Waals surface area (Å²) in [4.78, 5) is 14.0. The maximum Gasteiger partial charge on any atom is 0.411 e. The normalized spacial score (nSPS) is 13.0. The third-order valence-corrected chi connectivity index (χ3v) is 5.26. The lowest BCUT2D eigenvalue weighted by Crippen LogP contribution is -2.44. The molecule has 0 aliphatic carbocycles. The summed E-state index contributed by atoms with van der Waals surface area (Å²) in [6.07, 6.45) is 0.415. The number of sulfonamides is 1. The van der Waals surface area contributed by atoms with Crippen molar-refractivity contribution in [2.24, 2.45) is 5.14 Å². The van der Waals surface area contributed by atoms with Gasteiger partial charge in [-0.1, -0.05) is 42.5 Å². The number of carbonyl (C=O) groups is 1.